The van der Waals surface area contributed by atoms with Gasteiger partial charge in [-0.25, -0.2) is 0 Å². The molecule has 0 radical (unpaired) electrons. The van der Waals surface area contributed by atoms with Crippen LogP contribution >= 0.6 is 11.6 Å². The highest BCUT2D eigenvalue weighted by atomic mass is 35.5. The van der Waals surface area contributed by atoms with E-state index >= 15 is 0 Å². The average Bonchev–Trinajstić information content (AvgIpc) is 3.16. The summed E-state index contributed by atoms with van der Waals surface area (Å²) >= 11 is 5.75. The zero-order valence-corrected chi connectivity index (χ0v) is 11.8. The first kappa shape index (κ1) is 13.7. The van der Waals surface area contributed by atoms with Gasteiger partial charge in [0.05, 0.1) is 10.4 Å². The average molecular weight is 305 g/mol. The maximum absolute atomic E-state index is 11.9. The summed E-state index contributed by atoms with van der Waals surface area (Å²) < 4.78 is 0. The van der Waals surface area contributed by atoms with Crippen molar-refractivity contribution in [3.63, 3.8) is 0 Å². The standard InChI is InChI=1S/C15H13ClN2O3/c16-10-7-12(17-8-10)13(19)18-11-3-1-9(2-4-11)15(5-6-15)14(20)21/h1-4,7-8,17H,5-6H2,(H,18,19)(H,20,21). The second-order valence-corrected chi connectivity index (χ2v) is 5.59. The topological polar surface area (TPSA) is 82.2 Å². The van der Waals surface area contributed by atoms with Crippen LogP contribution in [-0.4, -0.2) is 22.0 Å². The van der Waals surface area contributed by atoms with Gasteiger partial charge in [0.15, 0.2) is 0 Å². The molecule has 0 atom stereocenters. The number of amides is 1. The molecule has 2 aromatic rings. The Balaban J connectivity index is 1.73. The highest BCUT2D eigenvalue weighted by molar-refractivity contribution is 6.31. The molecule has 6 heteroatoms. The molecule has 1 aromatic heterocycles. The summed E-state index contributed by atoms with van der Waals surface area (Å²) in [4.78, 5) is 25.9. The summed E-state index contributed by atoms with van der Waals surface area (Å²) in [5.41, 5.74) is 1.02. The zero-order chi connectivity index (χ0) is 15.0. The first-order valence-corrected chi connectivity index (χ1v) is 6.88. The first-order chi connectivity index (χ1) is 10.0. The van der Waals surface area contributed by atoms with Crippen molar-refractivity contribution in [3.05, 3.63) is 52.8 Å². The van der Waals surface area contributed by atoms with Crippen LogP contribution < -0.4 is 5.32 Å². The van der Waals surface area contributed by atoms with Crippen molar-refractivity contribution >= 4 is 29.2 Å². The Morgan fingerprint density at radius 2 is 1.90 bits per heavy atom. The molecule has 0 unspecified atom stereocenters. The number of nitrogens with one attached hydrogen (secondary N) is 2. The number of anilines is 1. The molecule has 1 aromatic carbocycles. The van der Waals surface area contributed by atoms with Crippen LogP contribution in [0.15, 0.2) is 36.5 Å². The lowest BCUT2D eigenvalue weighted by Crippen LogP contribution is -2.19. The highest BCUT2D eigenvalue weighted by Crippen LogP contribution is 2.48. The van der Waals surface area contributed by atoms with Crippen molar-refractivity contribution in [2.45, 2.75) is 18.3 Å². The van der Waals surface area contributed by atoms with Crippen LogP contribution in [0, 0.1) is 0 Å². The lowest BCUT2D eigenvalue weighted by atomic mass is 9.96. The molecule has 1 fully saturated rings. The van der Waals surface area contributed by atoms with Gasteiger partial charge in [-0.05, 0) is 36.6 Å². The van der Waals surface area contributed by atoms with Crippen molar-refractivity contribution in [1.82, 2.24) is 4.98 Å². The van der Waals surface area contributed by atoms with Gasteiger partial charge in [-0.15, -0.1) is 0 Å². The van der Waals surface area contributed by atoms with Gasteiger partial charge in [-0.2, -0.15) is 0 Å². The fourth-order valence-corrected chi connectivity index (χ4v) is 2.48. The minimum Gasteiger partial charge on any atom is -0.481 e. The van der Waals surface area contributed by atoms with E-state index in [4.69, 9.17) is 11.6 Å². The number of carbonyl (C=O) groups is 2. The van der Waals surface area contributed by atoms with Crippen molar-refractivity contribution in [3.8, 4) is 0 Å². The Kier molecular flexibility index (Phi) is 3.22. The van der Waals surface area contributed by atoms with E-state index in [9.17, 15) is 14.7 Å². The predicted octanol–water partition coefficient (Wildman–Crippen LogP) is 3.04. The summed E-state index contributed by atoms with van der Waals surface area (Å²) in [6, 6.07) is 8.45. The Labute approximate surface area is 125 Å². The third kappa shape index (κ3) is 2.52. The molecule has 1 heterocycles. The van der Waals surface area contributed by atoms with Gasteiger partial charge in [0.25, 0.3) is 5.91 Å². The Hall–Kier alpha value is -2.27. The van der Waals surface area contributed by atoms with Gasteiger partial charge < -0.3 is 15.4 Å². The molecular formula is C15H13ClN2O3. The van der Waals surface area contributed by atoms with Crippen molar-refractivity contribution in [2.24, 2.45) is 0 Å². The zero-order valence-electron chi connectivity index (χ0n) is 11.0. The number of aromatic nitrogens is 1. The maximum atomic E-state index is 11.9. The molecule has 5 nitrogen and oxygen atoms in total. The molecule has 1 amide bonds. The van der Waals surface area contributed by atoms with Crippen LogP contribution in [0.25, 0.3) is 0 Å². The summed E-state index contributed by atoms with van der Waals surface area (Å²) in [5, 5.41) is 12.4. The normalized spacial score (nSPS) is 15.5. The number of hydrogen-bond donors (Lipinski definition) is 3. The van der Waals surface area contributed by atoms with E-state index in [1.165, 1.54) is 12.3 Å². The van der Waals surface area contributed by atoms with Crippen molar-refractivity contribution in [1.29, 1.82) is 0 Å². The molecule has 108 valence electrons. The number of rotatable bonds is 4. The maximum Gasteiger partial charge on any atom is 0.314 e. The third-order valence-electron chi connectivity index (χ3n) is 3.75. The monoisotopic (exact) mass is 304 g/mol. The number of aromatic amines is 1. The molecule has 1 aliphatic rings. The van der Waals surface area contributed by atoms with Crippen LogP contribution in [0.4, 0.5) is 5.69 Å². The highest BCUT2D eigenvalue weighted by Gasteiger charge is 2.51. The largest absolute Gasteiger partial charge is 0.481 e. The summed E-state index contributed by atoms with van der Waals surface area (Å²) in [7, 11) is 0. The third-order valence-corrected chi connectivity index (χ3v) is 3.97. The number of hydrogen-bond acceptors (Lipinski definition) is 2. The molecule has 0 saturated heterocycles. The van der Waals surface area contributed by atoms with E-state index in [1.54, 1.807) is 24.3 Å². The van der Waals surface area contributed by atoms with Gasteiger partial charge in [-0.3, -0.25) is 9.59 Å². The van der Waals surface area contributed by atoms with E-state index in [2.05, 4.69) is 10.3 Å². The molecule has 0 aliphatic heterocycles. The number of aliphatic carboxylic acids is 1. The van der Waals surface area contributed by atoms with Gasteiger partial charge in [0, 0.05) is 11.9 Å². The molecule has 1 aliphatic carbocycles. The first-order valence-electron chi connectivity index (χ1n) is 6.50. The van der Waals surface area contributed by atoms with Crippen molar-refractivity contribution < 1.29 is 14.7 Å². The van der Waals surface area contributed by atoms with Crippen LogP contribution in [0.2, 0.25) is 5.02 Å². The predicted molar refractivity (Wildman–Crippen MR) is 78.7 cm³/mol. The summed E-state index contributed by atoms with van der Waals surface area (Å²) in [5.74, 6) is -1.09. The molecule has 21 heavy (non-hydrogen) atoms. The van der Waals surface area contributed by atoms with Crippen LogP contribution in [0.5, 0.6) is 0 Å². The SMILES string of the molecule is O=C(Nc1ccc(C2(C(=O)O)CC2)cc1)c1cc(Cl)c[nH]1. The fourth-order valence-electron chi connectivity index (χ4n) is 2.32. The molecular weight excluding hydrogens is 292 g/mol. The van der Waals surface area contributed by atoms with Crippen LogP contribution in [0.1, 0.15) is 28.9 Å². The molecule has 1 saturated carbocycles. The number of H-pyrrole nitrogens is 1. The van der Waals surface area contributed by atoms with Gasteiger partial charge >= 0.3 is 5.97 Å². The van der Waals surface area contributed by atoms with E-state index in [1.807, 2.05) is 0 Å². The van der Waals surface area contributed by atoms with Crippen LogP contribution in [0.3, 0.4) is 0 Å². The number of benzene rings is 1. The van der Waals surface area contributed by atoms with E-state index in [0.717, 1.165) is 5.56 Å². The lowest BCUT2D eigenvalue weighted by Gasteiger charge is -2.11. The second-order valence-electron chi connectivity index (χ2n) is 5.15. The Morgan fingerprint density at radius 3 is 2.38 bits per heavy atom. The Morgan fingerprint density at radius 1 is 1.24 bits per heavy atom. The lowest BCUT2D eigenvalue weighted by molar-refractivity contribution is -0.140. The smallest absolute Gasteiger partial charge is 0.314 e. The minimum absolute atomic E-state index is 0.297. The fraction of sp³-hybridized carbons (Fsp3) is 0.200. The van der Waals surface area contributed by atoms with E-state index in [-0.39, 0.29) is 5.91 Å². The molecule has 3 N–H and O–H groups in total. The summed E-state index contributed by atoms with van der Waals surface area (Å²) in [6.45, 7) is 0. The van der Waals surface area contributed by atoms with E-state index in [0.29, 0.717) is 29.2 Å². The van der Waals surface area contributed by atoms with Crippen LogP contribution in [-0.2, 0) is 10.2 Å². The number of carbonyl (C=O) groups excluding carboxylic acids is 1. The molecule has 3 rings (SSSR count). The molecule has 0 bridgehead atoms. The van der Waals surface area contributed by atoms with Gasteiger partial charge in [0.1, 0.15) is 5.69 Å². The van der Waals surface area contributed by atoms with E-state index < -0.39 is 11.4 Å². The Bertz CT molecular complexity index is 702. The second kappa shape index (κ2) is 4.93. The summed E-state index contributed by atoms with van der Waals surface area (Å²) in [6.07, 6.45) is 2.85. The minimum atomic E-state index is -0.791. The number of carboxylic acids is 1. The van der Waals surface area contributed by atoms with Gasteiger partial charge in [0.2, 0.25) is 0 Å². The van der Waals surface area contributed by atoms with Crippen molar-refractivity contribution in [2.75, 3.05) is 5.32 Å². The molecule has 0 spiro atoms. The number of halogens is 1. The quantitative estimate of drug-likeness (QED) is 0.812. The number of carboxylic acid groups (broad SMARTS) is 1. The van der Waals surface area contributed by atoms with Gasteiger partial charge in [-0.1, -0.05) is 23.7 Å².